The molecule has 1 N–H and O–H groups in total. The molecule has 0 aromatic carbocycles. The lowest BCUT2D eigenvalue weighted by Gasteiger charge is -2.32. The first-order valence-corrected chi connectivity index (χ1v) is 7.20. The molecule has 0 aromatic heterocycles. The molecule has 1 saturated heterocycles. The minimum absolute atomic E-state index is 0.263. The summed E-state index contributed by atoms with van der Waals surface area (Å²) < 4.78 is 5.11. The highest BCUT2D eigenvalue weighted by atomic mass is 32.2. The number of nitrogens with one attached hydrogen (secondary N) is 1. The molecule has 92 valence electrons. The largest absolute Gasteiger partial charge is 0.382 e. The van der Waals surface area contributed by atoms with E-state index in [1.807, 2.05) is 11.8 Å². The fraction of sp³-hybridized carbons (Fsp3) is 0.917. The Morgan fingerprint density at radius 2 is 2.19 bits per heavy atom. The number of rotatable bonds is 3. The van der Waals surface area contributed by atoms with E-state index in [-0.39, 0.29) is 6.04 Å². The SMILES string of the molecule is COCC(C)N=C1NC2(CCCCC2)CS1. The predicted octanol–water partition coefficient (Wildman–Crippen LogP) is 2.42. The number of amidine groups is 1. The Morgan fingerprint density at radius 3 is 2.88 bits per heavy atom. The van der Waals surface area contributed by atoms with Crippen molar-refractivity contribution in [3.8, 4) is 0 Å². The van der Waals surface area contributed by atoms with Crippen molar-refractivity contribution in [3.05, 3.63) is 0 Å². The van der Waals surface area contributed by atoms with Gasteiger partial charge in [0.05, 0.1) is 12.6 Å². The quantitative estimate of drug-likeness (QED) is 0.825. The van der Waals surface area contributed by atoms with E-state index in [0.717, 1.165) is 5.17 Å². The molecule has 1 aliphatic heterocycles. The van der Waals surface area contributed by atoms with Gasteiger partial charge in [0.25, 0.3) is 0 Å². The zero-order valence-electron chi connectivity index (χ0n) is 10.3. The van der Waals surface area contributed by atoms with E-state index < -0.39 is 0 Å². The summed E-state index contributed by atoms with van der Waals surface area (Å²) in [5.41, 5.74) is 0.370. The normalized spacial score (nSPS) is 28.2. The third-order valence-corrected chi connectivity index (χ3v) is 4.59. The molecule has 0 bridgehead atoms. The Hall–Kier alpha value is -0.220. The van der Waals surface area contributed by atoms with Gasteiger partial charge in [0.1, 0.15) is 0 Å². The van der Waals surface area contributed by atoms with Crippen molar-refractivity contribution in [1.29, 1.82) is 0 Å². The van der Waals surface area contributed by atoms with Gasteiger partial charge in [-0.2, -0.15) is 0 Å². The first kappa shape index (κ1) is 12.2. The summed E-state index contributed by atoms with van der Waals surface area (Å²) in [5.74, 6) is 1.20. The van der Waals surface area contributed by atoms with Crippen LogP contribution >= 0.6 is 11.8 Å². The first-order chi connectivity index (χ1) is 7.74. The standard InChI is InChI=1S/C12H22N2OS/c1-10(8-15-2)13-11-14-12(9-16-11)6-4-3-5-7-12/h10H,3-9H2,1-2H3,(H,13,14). The van der Waals surface area contributed by atoms with E-state index in [1.165, 1.54) is 37.9 Å². The monoisotopic (exact) mass is 242 g/mol. The molecule has 0 amide bonds. The van der Waals surface area contributed by atoms with Crippen LogP contribution in [0.3, 0.4) is 0 Å². The van der Waals surface area contributed by atoms with Gasteiger partial charge in [0, 0.05) is 18.4 Å². The lowest BCUT2D eigenvalue weighted by molar-refractivity contribution is 0.185. The highest BCUT2D eigenvalue weighted by molar-refractivity contribution is 8.14. The van der Waals surface area contributed by atoms with Crippen LogP contribution in [-0.2, 0) is 4.74 Å². The molecule has 2 aliphatic rings. The summed E-state index contributed by atoms with van der Waals surface area (Å²) in [6.45, 7) is 2.81. The summed E-state index contributed by atoms with van der Waals surface area (Å²) in [7, 11) is 1.73. The van der Waals surface area contributed by atoms with Gasteiger partial charge in [-0.1, -0.05) is 31.0 Å². The molecule has 2 rings (SSSR count). The van der Waals surface area contributed by atoms with Gasteiger partial charge >= 0.3 is 0 Å². The summed E-state index contributed by atoms with van der Waals surface area (Å²) in [6.07, 6.45) is 6.78. The summed E-state index contributed by atoms with van der Waals surface area (Å²) in [6, 6.07) is 0.263. The van der Waals surface area contributed by atoms with Crippen LogP contribution in [-0.4, -0.2) is 36.2 Å². The summed E-state index contributed by atoms with van der Waals surface area (Å²) in [5, 5.41) is 4.78. The third kappa shape index (κ3) is 2.92. The van der Waals surface area contributed by atoms with Crippen LogP contribution in [0.1, 0.15) is 39.0 Å². The van der Waals surface area contributed by atoms with Crippen LogP contribution in [0.5, 0.6) is 0 Å². The molecule has 2 fully saturated rings. The van der Waals surface area contributed by atoms with Gasteiger partial charge < -0.3 is 10.1 Å². The van der Waals surface area contributed by atoms with Gasteiger partial charge in [-0.25, -0.2) is 0 Å². The second kappa shape index (κ2) is 5.41. The minimum Gasteiger partial charge on any atom is -0.382 e. The van der Waals surface area contributed by atoms with Crippen LogP contribution in [0.4, 0.5) is 0 Å². The van der Waals surface area contributed by atoms with Crippen molar-refractivity contribution in [2.75, 3.05) is 19.5 Å². The minimum atomic E-state index is 0.263. The molecule has 16 heavy (non-hydrogen) atoms. The maximum absolute atomic E-state index is 5.11. The number of ether oxygens (including phenoxy) is 1. The Labute approximate surface area is 102 Å². The van der Waals surface area contributed by atoms with E-state index >= 15 is 0 Å². The van der Waals surface area contributed by atoms with Crippen LogP contribution in [0.15, 0.2) is 4.99 Å². The van der Waals surface area contributed by atoms with Crippen LogP contribution < -0.4 is 5.32 Å². The summed E-state index contributed by atoms with van der Waals surface area (Å²) >= 11 is 1.89. The average molecular weight is 242 g/mol. The van der Waals surface area contributed by atoms with E-state index in [2.05, 4.69) is 17.2 Å². The fourth-order valence-corrected chi connectivity index (χ4v) is 3.87. The second-order valence-corrected chi connectivity index (χ2v) is 5.96. The van der Waals surface area contributed by atoms with E-state index in [0.29, 0.717) is 12.1 Å². The highest BCUT2D eigenvalue weighted by Gasteiger charge is 2.38. The van der Waals surface area contributed by atoms with Gasteiger partial charge in [-0.15, -0.1) is 0 Å². The molecule has 1 saturated carbocycles. The lowest BCUT2D eigenvalue weighted by Crippen LogP contribution is -2.45. The lowest BCUT2D eigenvalue weighted by atomic mass is 9.83. The van der Waals surface area contributed by atoms with Crippen molar-refractivity contribution in [1.82, 2.24) is 5.32 Å². The first-order valence-electron chi connectivity index (χ1n) is 6.22. The number of hydrogen-bond acceptors (Lipinski definition) is 3. The molecule has 1 aliphatic carbocycles. The number of aliphatic imine (C=N–C) groups is 1. The van der Waals surface area contributed by atoms with Crippen molar-refractivity contribution in [3.63, 3.8) is 0 Å². The Bertz CT molecular complexity index is 262. The highest BCUT2D eigenvalue weighted by Crippen LogP contribution is 2.36. The van der Waals surface area contributed by atoms with E-state index in [9.17, 15) is 0 Å². The van der Waals surface area contributed by atoms with Crippen molar-refractivity contribution >= 4 is 16.9 Å². The van der Waals surface area contributed by atoms with Crippen LogP contribution in [0.25, 0.3) is 0 Å². The number of thioether (sulfide) groups is 1. The van der Waals surface area contributed by atoms with E-state index in [4.69, 9.17) is 4.74 Å². The predicted molar refractivity (Wildman–Crippen MR) is 70.2 cm³/mol. The topological polar surface area (TPSA) is 33.6 Å². The molecule has 1 spiro atoms. The Kier molecular flexibility index (Phi) is 4.14. The number of hydrogen-bond donors (Lipinski definition) is 1. The van der Waals surface area contributed by atoms with Crippen LogP contribution in [0.2, 0.25) is 0 Å². The second-order valence-electron chi connectivity index (χ2n) is 4.99. The molecule has 1 unspecified atom stereocenters. The molecule has 4 heteroatoms. The average Bonchev–Trinajstić information content (AvgIpc) is 2.63. The van der Waals surface area contributed by atoms with Crippen molar-refractivity contribution < 1.29 is 4.74 Å². The van der Waals surface area contributed by atoms with E-state index in [1.54, 1.807) is 7.11 Å². The fourth-order valence-electron chi connectivity index (χ4n) is 2.55. The Balaban J connectivity index is 1.91. The smallest absolute Gasteiger partial charge is 0.157 e. The maximum Gasteiger partial charge on any atom is 0.157 e. The molecular formula is C12H22N2OS. The molecule has 3 nitrogen and oxygen atoms in total. The number of nitrogens with zero attached hydrogens (tertiary/aromatic N) is 1. The molecule has 0 aromatic rings. The zero-order valence-corrected chi connectivity index (χ0v) is 11.1. The van der Waals surface area contributed by atoms with Gasteiger partial charge in [0.15, 0.2) is 5.17 Å². The molecular weight excluding hydrogens is 220 g/mol. The third-order valence-electron chi connectivity index (χ3n) is 3.41. The van der Waals surface area contributed by atoms with Crippen LogP contribution in [0, 0.1) is 0 Å². The summed E-state index contributed by atoms with van der Waals surface area (Å²) in [4.78, 5) is 4.66. The maximum atomic E-state index is 5.11. The van der Waals surface area contributed by atoms with Crippen molar-refractivity contribution in [2.45, 2.75) is 50.6 Å². The van der Waals surface area contributed by atoms with Gasteiger partial charge in [-0.3, -0.25) is 4.99 Å². The molecule has 1 heterocycles. The molecule has 1 atom stereocenters. The van der Waals surface area contributed by atoms with Gasteiger partial charge in [0.2, 0.25) is 0 Å². The molecule has 0 radical (unpaired) electrons. The zero-order chi connectivity index (χ0) is 11.4. The Morgan fingerprint density at radius 1 is 1.44 bits per heavy atom. The van der Waals surface area contributed by atoms with Crippen molar-refractivity contribution in [2.24, 2.45) is 4.99 Å². The van der Waals surface area contributed by atoms with Gasteiger partial charge in [-0.05, 0) is 19.8 Å². The number of methoxy groups -OCH3 is 1.